The minimum atomic E-state index is -5.09. The Bertz CT molecular complexity index is 1190. The van der Waals surface area contributed by atoms with E-state index in [0.29, 0.717) is 0 Å². The molecule has 0 aliphatic carbocycles. The van der Waals surface area contributed by atoms with Gasteiger partial charge in [0, 0.05) is 24.4 Å². The number of nitrogens with two attached hydrogens (primary N) is 1. The fourth-order valence-corrected chi connectivity index (χ4v) is 3.59. The molecule has 36 heavy (non-hydrogen) atoms. The molecular weight excluding hydrogens is 510 g/mol. The van der Waals surface area contributed by atoms with Crippen LogP contribution in [-0.4, -0.2) is 31.7 Å². The van der Waals surface area contributed by atoms with E-state index < -0.39 is 40.7 Å². The average Bonchev–Trinajstić information content (AvgIpc) is 2.86. The van der Waals surface area contributed by atoms with E-state index in [1.165, 1.54) is 18.0 Å². The van der Waals surface area contributed by atoms with Crippen LogP contribution < -0.4 is 15.2 Å². The van der Waals surface area contributed by atoms with Crippen molar-refractivity contribution < 1.29 is 41.0 Å². The van der Waals surface area contributed by atoms with Crippen molar-refractivity contribution >= 4 is 23.9 Å². The van der Waals surface area contributed by atoms with Gasteiger partial charge in [-0.25, -0.2) is 0 Å². The van der Waals surface area contributed by atoms with Crippen LogP contribution in [0.15, 0.2) is 65.6 Å². The number of hydrogen-bond donors (Lipinski definition) is 3. The second-order valence-corrected chi connectivity index (χ2v) is 7.86. The van der Waals surface area contributed by atoms with E-state index in [9.17, 15) is 36.2 Å². The number of carbonyl (C=O) groups is 1. The lowest BCUT2D eigenvalue weighted by atomic mass is 9.91. The van der Waals surface area contributed by atoms with E-state index >= 15 is 0 Å². The molecule has 3 aromatic carbocycles. The number of methoxy groups -OCH3 is 1. The number of halogens is 6. The molecule has 0 spiro atoms. The van der Waals surface area contributed by atoms with E-state index in [-0.39, 0.29) is 11.8 Å². The fourth-order valence-electron chi connectivity index (χ4n) is 3.19. The molecule has 0 saturated heterocycles. The summed E-state index contributed by atoms with van der Waals surface area (Å²) in [6, 6.07) is 12.6. The first-order chi connectivity index (χ1) is 16.9. The molecule has 3 aromatic rings. The van der Waals surface area contributed by atoms with Gasteiger partial charge in [-0.2, -0.15) is 26.3 Å². The van der Waals surface area contributed by atoms with Gasteiger partial charge in [0.15, 0.2) is 6.10 Å². The van der Waals surface area contributed by atoms with Crippen molar-refractivity contribution in [2.45, 2.75) is 23.4 Å². The second-order valence-electron chi connectivity index (χ2n) is 7.19. The number of alkyl halides is 6. The molecule has 0 aromatic heterocycles. The summed E-state index contributed by atoms with van der Waals surface area (Å²) in [6.07, 6.45) is -12.7. The van der Waals surface area contributed by atoms with Gasteiger partial charge in [-0.1, -0.05) is 30.3 Å². The minimum Gasteiger partial charge on any atom is -0.495 e. The minimum absolute atomic E-state index is 0.193. The maximum absolute atomic E-state index is 13.1. The van der Waals surface area contributed by atoms with Crippen molar-refractivity contribution in [2.24, 2.45) is 5.14 Å². The molecule has 1 atom stereocenters. The van der Waals surface area contributed by atoms with Crippen LogP contribution in [0.2, 0.25) is 0 Å². The molecule has 3 rings (SSSR count). The highest BCUT2D eigenvalue weighted by molar-refractivity contribution is 7.97. The number of aldehydes is 1. The third-order valence-electron chi connectivity index (χ3n) is 4.92. The molecule has 0 fully saturated rings. The Hall–Kier alpha value is -3.22. The number of carbonyl (C=O) groups excluding carboxylic acids is 1. The van der Waals surface area contributed by atoms with Gasteiger partial charge in [0.05, 0.1) is 17.6 Å². The first kappa shape index (κ1) is 29.0. The van der Waals surface area contributed by atoms with Gasteiger partial charge in [0.1, 0.15) is 12.0 Å². The van der Waals surface area contributed by atoms with Gasteiger partial charge in [-0.05, 0) is 52.9 Å². The molecule has 0 aliphatic heterocycles. The summed E-state index contributed by atoms with van der Waals surface area (Å²) in [5.74, 6) is 0.800. The first-order valence-electron chi connectivity index (χ1n) is 10.1. The van der Waals surface area contributed by atoms with Crippen molar-refractivity contribution in [2.75, 3.05) is 19.5 Å². The van der Waals surface area contributed by atoms with E-state index in [0.717, 1.165) is 52.7 Å². The number of aliphatic hydroxyl groups is 1. The molecule has 0 radical (unpaired) electrons. The molecule has 0 saturated carbocycles. The first-order valence-corrected chi connectivity index (χ1v) is 11.0. The quantitative estimate of drug-likeness (QED) is 0.191. The topological polar surface area (TPSA) is 84.6 Å². The standard InChI is InChI=1S/C16H10F6O2.C8H12N2OS/c17-15(18,19)13-4-2-1-3-11(13)10-6-5-9(8-23)7-12(10)14(24)16(20,21)22;1-10-6-3-4-8(12-9)7(5-6)11-2/h1-8,14,24H;3-5,10H,9H2,1-2H3. The number of ether oxygens (including phenoxy) is 1. The summed E-state index contributed by atoms with van der Waals surface area (Å²) in [5.41, 5.74) is -2.09. The molecule has 0 heterocycles. The largest absolute Gasteiger partial charge is 0.495 e. The zero-order valence-corrected chi connectivity index (χ0v) is 19.8. The van der Waals surface area contributed by atoms with Crippen molar-refractivity contribution in [1.29, 1.82) is 0 Å². The van der Waals surface area contributed by atoms with Crippen molar-refractivity contribution in [3.63, 3.8) is 0 Å². The molecule has 1 unspecified atom stereocenters. The SMILES string of the molecule is CNc1ccc(SN)c(OC)c1.O=Cc1ccc(-c2ccccc2C(F)(F)F)c(C(O)C(F)(F)F)c1. The number of hydrogen-bond acceptors (Lipinski definition) is 6. The highest BCUT2D eigenvalue weighted by atomic mass is 32.2. The van der Waals surface area contributed by atoms with Crippen LogP contribution in [0.1, 0.15) is 27.6 Å². The number of benzene rings is 3. The number of anilines is 1. The summed E-state index contributed by atoms with van der Waals surface area (Å²) in [6.45, 7) is 0. The maximum Gasteiger partial charge on any atom is 0.418 e. The Labute approximate surface area is 207 Å². The van der Waals surface area contributed by atoms with Crippen LogP contribution in [0, 0.1) is 0 Å². The van der Waals surface area contributed by atoms with E-state index in [1.54, 1.807) is 7.11 Å². The summed E-state index contributed by atoms with van der Waals surface area (Å²) in [7, 11) is 3.50. The summed E-state index contributed by atoms with van der Waals surface area (Å²) >= 11 is 1.19. The second kappa shape index (κ2) is 12.2. The molecule has 5 nitrogen and oxygen atoms in total. The summed E-state index contributed by atoms with van der Waals surface area (Å²) in [5, 5.41) is 17.9. The van der Waals surface area contributed by atoms with E-state index in [2.05, 4.69) is 5.32 Å². The monoisotopic (exact) mass is 532 g/mol. The Morgan fingerprint density at radius 3 is 2.19 bits per heavy atom. The molecule has 194 valence electrons. The highest BCUT2D eigenvalue weighted by Gasteiger charge is 2.42. The average molecular weight is 533 g/mol. The lowest BCUT2D eigenvalue weighted by Crippen LogP contribution is -2.21. The Morgan fingerprint density at radius 2 is 1.67 bits per heavy atom. The third-order valence-corrected chi connectivity index (χ3v) is 5.51. The van der Waals surface area contributed by atoms with Gasteiger partial charge < -0.3 is 15.2 Å². The molecule has 0 aliphatic rings. The molecule has 4 N–H and O–H groups in total. The zero-order valence-electron chi connectivity index (χ0n) is 18.9. The molecular formula is C24H22F6N2O3S. The van der Waals surface area contributed by atoms with Crippen LogP contribution in [0.3, 0.4) is 0 Å². The van der Waals surface area contributed by atoms with E-state index in [4.69, 9.17) is 9.88 Å². The van der Waals surface area contributed by atoms with Crippen LogP contribution in [-0.2, 0) is 6.18 Å². The summed E-state index contributed by atoms with van der Waals surface area (Å²) in [4.78, 5) is 11.7. The van der Waals surface area contributed by atoms with Gasteiger partial charge in [-0.3, -0.25) is 9.93 Å². The maximum atomic E-state index is 13.1. The summed E-state index contributed by atoms with van der Waals surface area (Å²) < 4.78 is 83.0. The third kappa shape index (κ3) is 7.15. The predicted molar refractivity (Wildman–Crippen MR) is 126 cm³/mol. The van der Waals surface area contributed by atoms with Gasteiger partial charge in [-0.15, -0.1) is 0 Å². The van der Waals surface area contributed by atoms with Gasteiger partial charge >= 0.3 is 12.4 Å². The molecule has 0 bridgehead atoms. The normalized spacial score (nSPS) is 12.3. The van der Waals surface area contributed by atoms with Crippen molar-refractivity contribution in [1.82, 2.24) is 0 Å². The zero-order chi connectivity index (χ0) is 27.1. The van der Waals surface area contributed by atoms with Crippen LogP contribution in [0.4, 0.5) is 32.0 Å². The Morgan fingerprint density at radius 1 is 1.00 bits per heavy atom. The molecule has 0 amide bonds. The number of nitrogens with one attached hydrogen (secondary N) is 1. The lowest BCUT2D eigenvalue weighted by Gasteiger charge is -2.21. The Kier molecular flexibility index (Phi) is 9.79. The van der Waals surface area contributed by atoms with Gasteiger partial charge in [0.25, 0.3) is 0 Å². The van der Waals surface area contributed by atoms with Crippen LogP contribution >= 0.6 is 11.9 Å². The van der Waals surface area contributed by atoms with Crippen LogP contribution in [0.25, 0.3) is 11.1 Å². The highest BCUT2D eigenvalue weighted by Crippen LogP contribution is 2.42. The predicted octanol–water partition coefficient (Wildman–Crippen LogP) is 6.48. The van der Waals surface area contributed by atoms with Crippen LogP contribution in [0.5, 0.6) is 5.75 Å². The van der Waals surface area contributed by atoms with Gasteiger partial charge in [0.2, 0.25) is 0 Å². The lowest BCUT2D eigenvalue weighted by molar-refractivity contribution is -0.206. The van der Waals surface area contributed by atoms with E-state index in [1.807, 2.05) is 25.2 Å². The fraction of sp³-hybridized carbons (Fsp3) is 0.208. The van der Waals surface area contributed by atoms with Crippen molar-refractivity contribution in [3.8, 4) is 16.9 Å². The number of rotatable bonds is 6. The molecule has 12 heteroatoms. The Balaban J connectivity index is 0.000000319. The number of aliphatic hydroxyl groups excluding tert-OH is 1. The smallest absolute Gasteiger partial charge is 0.418 e. The van der Waals surface area contributed by atoms with Crippen molar-refractivity contribution in [3.05, 3.63) is 77.4 Å².